The van der Waals surface area contributed by atoms with Gasteiger partial charge < -0.3 is 5.11 Å². The van der Waals surface area contributed by atoms with E-state index in [1.807, 2.05) is 0 Å². The Hall–Kier alpha value is -0.370. The first-order valence-corrected chi connectivity index (χ1v) is 6.64. The molecular weight excluding hydrogens is 200 g/mol. The Kier molecular flexibility index (Phi) is 4.54. The molecule has 1 fully saturated rings. The first-order chi connectivity index (χ1) is 7.51. The number of hydrogen-bond donors (Lipinski definition) is 1. The van der Waals surface area contributed by atoms with Crippen molar-refractivity contribution in [2.24, 2.45) is 23.2 Å². The number of Topliss-reactive ketones (excluding diaryl/α,β-unsaturated/α-hetero) is 1. The van der Waals surface area contributed by atoms with Gasteiger partial charge in [0.25, 0.3) is 0 Å². The molecule has 0 amide bonds. The predicted molar refractivity (Wildman–Crippen MR) is 66.2 cm³/mol. The van der Waals surface area contributed by atoms with E-state index in [-0.39, 0.29) is 23.7 Å². The lowest BCUT2D eigenvalue weighted by Crippen LogP contribution is -2.36. The van der Waals surface area contributed by atoms with Gasteiger partial charge in [0, 0.05) is 5.92 Å². The van der Waals surface area contributed by atoms with E-state index in [2.05, 4.69) is 27.7 Å². The van der Waals surface area contributed by atoms with E-state index >= 15 is 0 Å². The highest BCUT2D eigenvalue weighted by atomic mass is 16.3. The fourth-order valence-corrected chi connectivity index (χ4v) is 3.63. The van der Waals surface area contributed by atoms with E-state index in [9.17, 15) is 4.79 Å². The molecule has 1 N–H and O–H groups in total. The van der Waals surface area contributed by atoms with Crippen LogP contribution in [0.15, 0.2) is 0 Å². The summed E-state index contributed by atoms with van der Waals surface area (Å²) in [6.45, 7) is 8.66. The van der Waals surface area contributed by atoms with Crippen molar-refractivity contribution in [3.8, 4) is 0 Å². The Morgan fingerprint density at radius 3 is 2.50 bits per heavy atom. The van der Waals surface area contributed by atoms with Crippen molar-refractivity contribution in [2.75, 3.05) is 6.61 Å². The SMILES string of the molecule is CCC(C)C1CCC(C(=O)CO)C1(C)CC. The summed E-state index contributed by atoms with van der Waals surface area (Å²) in [5, 5.41) is 9.06. The minimum absolute atomic E-state index is 0.0511. The van der Waals surface area contributed by atoms with E-state index < -0.39 is 0 Å². The van der Waals surface area contributed by atoms with E-state index in [0.29, 0.717) is 11.8 Å². The van der Waals surface area contributed by atoms with Crippen molar-refractivity contribution < 1.29 is 9.90 Å². The van der Waals surface area contributed by atoms with Gasteiger partial charge in [-0.25, -0.2) is 0 Å². The van der Waals surface area contributed by atoms with Crippen molar-refractivity contribution in [3.63, 3.8) is 0 Å². The van der Waals surface area contributed by atoms with E-state index in [1.165, 1.54) is 6.42 Å². The van der Waals surface area contributed by atoms with Crippen LogP contribution < -0.4 is 0 Å². The Bertz CT molecular complexity index is 249. The Morgan fingerprint density at radius 2 is 2.06 bits per heavy atom. The van der Waals surface area contributed by atoms with Crippen molar-refractivity contribution >= 4 is 5.78 Å². The average Bonchev–Trinajstić information content (AvgIpc) is 2.65. The molecule has 0 aromatic heterocycles. The molecule has 4 atom stereocenters. The maximum atomic E-state index is 11.8. The second kappa shape index (κ2) is 5.31. The molecule has 2 heteroatoms. The van der Waals surface area contributed by atoms with E-state index in [1.54, 1.807) is 0 Å². The third-order valence-corrected chi connectivity index (χ3v) is 5.05. The van der Waals surface area contributed by atoms with Gasteiger partial charge in [0.2, 0.25) is 0 Å². The number of carbonyl (C=O) groups excluding carboxylic acids is 1. The van der Waals surface area contributed by atoms with Crippen LogP contribution in [0.25, 0.3) is 0 Å². The summed E-state index contributed by atoms with van der Waals surface area (Å²) in [5.41, 5.74) is 0.106. The highest BCUT2D eigenvalue weighted by molar-refractivity contribution is 5.83. The Morgan fingerprint density at radius 1 is 1.44 bits per heavy atom. The molecule has 0 saturated heterocycles. The van der Waals surface area contributed by atoms with Crippen molar-refractivity contribution in [2.45, 2.75) is 53.4 Å². The molecule has 1 aliphatic carbocycles. The average molecular weight is 226 g/mol. The van der Waals surface area contributed by atoms with Gasteiger partial charge in [-0.3, -0.25) is 4.79 Å². The molecule has 0 aromatic rings. The standard InChI is InChI=1S/C14H26O2/c1-5-10(3)11-7-8-12(13(16)9-15)14(11,4)6-2/h10-12,15H,5-9H2,1-4H3. The van der Waals surface area contributed by atoms with E-state index in [0.717, 1.165) is 19.3 Å². The number of ketones is 1. The molecule has 4 unspecified atom stereocenters. The third kappa shape index (κ3) is 2.17. The maximum Gasteiger partial charge on any atom is 0.161 e. The monoisotopic (exact) mass is 226 g/mol. The number of hydrogen-bond acceptors (Lipinski definition) is 2. The quantitative estimate of drug-likeness (QED) is 0.782. The highest BCUT2D eigenvalue weighted by Crippen LogP contribution is 2.53. The van der Waals surface area contributed by atoms with Gasteiger partial charge in [-0.15, -0.1) is 0 Å². The number of rotatable bonds is 5. The number of carbonyl (C=O) groups is 1. The van der Waals surface area contributed by atoms with Gasteiger partial charge in [-0.1, -0.05) is 34.1 Å². The van der Waals surface area contributed by atoms with Crippen LogP contribution in [0, 0.1) is 23.2 Å². The summed E-state index contributed by atoms with van der Waals surface area (Å²) in [4.78, 5) is 11.8. The lowest BCUT2D eigenvalue weighted by atomic mass is 9.66. The molecule has 0 bridgehead atoms. The second-order valence-corrected chi connectivity index (χ2v) is 5.61. The molecule has 1 saturated carbocycles. The van der Waals surface area contributed by atoms with Gasteiger partial charge in [-0.2, -0.15) is 0 Å². The van der Waals surface area contributed by atoms with Crippen LogP contribution in [0.5, 0.6) is 0 Å². The first kappa shape index (κ1) is 13.7. The lowest BCUT2D eigenvalue weighted by molar-refractivity contribution is -0.129. The minimum Gasteiger partial charge on any atom is -0.389 e. The van der Waals surface area contributed by atoms with Gasteiger partial charge >= 0.3 is 0 Å². The number of aliphatic hydroxyl groups is 1. The molecule has 16 heavy (non-hydrogen) atoms. The molecule has 0 heterocycles. The van der Waals surface area contributed by atoms with Crippen molar-refractivity contribution in [3.05, 3.63) is 0 Å². The van der Waals surface area contributed by atoms with Crippen LogP contribution in [0.4, 0.5) is 0 Å². The molecular formula is C14H26O2. The summed E-state index contributed by atoms with van der Waals surface area (Å²) in [6, 6.07) is 0. The van der Waals surface area contributed by atoms with Gasteiger partial charge in [0.05, 0.1) is 0 Å². The first-order valence-electron chi connectivity index (χ1n) is 6.64. The van der Waals surface area contributed by atoms with Crippen LogP contribution in [0.1, 0.15) is 53.4 Å². The Labute approximate surface area is 99.4 Å². The third-order valence-electron chi connectivity index (χ3n) is 5.05. The summed E-state index contributed by atoms with van der Waals surface area (Å²) in [6.07, 6.45) is 4.34. The van der Waals surface area contributed by atoms with Crippen LogP contribution >= 0.6 is 0 Å². The topological polar surface area (TPSA) is 37.3 Å². The molecule has 0 spiro atoms. The number of aliphatic hydroxyl groups excluding tert-OH is 1. The van der Waals surface area contributed by atoms with Crippen LogP contribution in [0.3, 0.4) is 0 Å². The maximum absolute atomic E-state index is 11.8. The summed E-state index contributed by atoms with van der Waals surface area (Å²) < 4.78 is 0. The van der Waals surface area contributed by atoms with Crippen LogP contribution in [-0.2, 0) is 4.79 Å². The zero-order valence-corrected chi connectivity index (χ0v) is 11.1. The lowest BCUT2D eigenvalue weighted by Gasteiger charge is -2.38. The second-order valence-electron chi connectivity index (χ2n) is 5.61. The van der Waals surface area contributed by atoms with E-state index in [4.69, 9.17) is 5.11 Å². The van der Waals surface area contributed by atoms with Gasteiger partial charge in [-0.05, 0) is 36.5 Å². The normalized spacial score (nSPS) is 36.3. The van der Waals surface area contributed by atoms with Crippen LogP contribution in [-0.4, -0.2) is 17.5 Å². The van der Waals surface area contributed by atoms with Gasteiger partial charge in [0.15, 0.2) is 5.78 Å². The van der Waals surface area contributed by atoms with Crippen LogP contribution in [0.2, 0.25) is 0 Å². The zero-order valence-electron chi connectivity index (χ0n) is 11.1. The van der Waals surface area contributed by atoms with Gasteiger partial charge in [0.1, 0.15) is 6.61 Å². The van der Waals surface area contributed by atoms with Crippen molar-refractivity contribution in [1.29, 1.82) is 0 Å². The molecule has 1 aliphatic rings. The summed E-state index contributed by atoms with van der Waals surface area (Å²) >= 11 is 0. The molecule has 1 rings (SSSR count). The minimum atomic E-state index is -0.284. The smallest absolute Gasteiger partial charge is 0.161 e. The molecule has 0 aliphatic heterocycles. The highest BCUT2D eigenvalue weighted by Gasteiger charge is 2.49. The molecule has 94 valence electrons. The predicted octanol–water partition coefficient (Wildman–Crippen LogP) is 3.04. The van der Waals surface area contributed by atoms with Crippen molar-refractivity contribution in [1.82, 2.24) is 0 Å². The fraction of sp³-hybridized carbons (Fsp3) is 0.929. The fourth-order valence-electron chi connectivity index (χ4n) is 3.63. The molecule has 0 radical (unpaired) electrons. The summed E-state index contributed by atoms with van der Waals surface area (Å²) in [7, 11) is 0. The summed E-state index contributed by atoms with van der Waals surface area (Å²) in [5.74, 6) is 1.46. The molecule has 0 aromatic carbocycles. The molecule has 2 nitrogen and oxygen atoms in total. The largest absolute Gasteiger partial charge is 0.389 e. The Balaban J connectivity index is 2.90. The zero-order chi connectivity index (χ0) is 12.3.